The van der Waals surface area contributed by atoms with Gasteiger partial charge in [0.05, 0.1) is 6.10 Å². The number of likely N-dealkylation sites (N-methyl/N-ethyl adjacent to an activating group) is 1. The van der Waals surface area contributed by atoms with E-state index in [2.05, 4.69) is 0 Å². The number of β-amino-alcohol motifs (C(OH)–C–C–N with tert-alkyl or cyclic N) is 1. The van der Waals surface area contributed by atoms with E-state index in [1.165, 1.54) is 0 Å². The number of aliphatic hydroxyl groups is 1. The molecule has 1 fully saturated rings. The second-order valence-electron chi connectivity index (χ2n) is 4.88. The molecule has 0 aromatic rings. The molecule has 1 aliphatic heterocycles. The Hall–Kier alpha value is -0.610. The third-order valence-corrected chi connectivity index (χ3v) is 2.20. The van der Waals surface area contributed by atoms with Crippen LogP contribution in [0.2, 0.25) is 0 Å². The van der Waals surface area contributed by atoms with Gasteiger partial charge in [0.1, 0.15) is 11.6 Å². The molecule has 1 saturated heterocycles. The van der Waals surface area contributed by atoms with E-state index in [1.807, 2.05) is 32.7 Å². The number of nitrogens with zero attached hydrogens (tertiary/aromatic N) is 1. The molecule has 4 nitrogen and oxygen atoms in total. The smallest absolute Gasteiger partial charge is 0.323 e. The molecular weight excluding hydrogens is 182 g/mol. The van der Waals surface area contributed by atoms with Crippen LogP contribution in [0.4, 0.5) is 0 Å². The quantitative estimate of drug-likeness (QED) is 0.624. The average molecular weight is 201 g/mol. The number of ether oxygens (including phenoxy) is 1. The maximum atomic E-state index is 11.6. The standard InChI is InChI=1S/C10H19NO3/c1-10(2,3)14-9(13)8-5-7(12)6-11(8)4/h7-8,12H,5-6H2,1-4H3/t7-,8-/m0/s1. The Morgan fingerprint density at radius 3 is 2.43 bits per heavy atom. The summed E-state index contributed by atoms with van der Waals surface area (Å²) < 4.78 is 5.25. The van der Waals surface area contributed by atoms with Crippen LogP contribution in [0.25, 0.3) is 0 Å². The Balaban J connectivity index is 2.53. The fourth-order valence-electron chi connectivity index (χ4n) is 1.62. The molecule has 0 aromatic carbocycles. The molecule has 0 bridgehead atoms. The Morgan fingerprint density at radius 2 is 2.07 bits per heavy atom. The molecule has 0 unspecified atom stereocenters. The highest BCUT2D eigenvalue weighted by Gasteiger charge is 2.36. The average Bonchev–Trinajstić information content (AvgIpc) is 2.26. The number of hydrogen-bond acceptors (Lipinski definition) is 4. The first kappa shape index (κ1) is 11.5. The zero-order valence-electron chi connectivity index (χ0n) is 9.28. The largest absolute Gasteiger partial charge is 0.459 e. The summed E-state index contributed by atoms with van der Waals surface area (Å²) in [5.41, 5.74) is -0.453. The summed E-state index contributed by atoms with van der Waals surface area (Å²) in [6, 6.07) is -0.288. The van der Waals surface area contributed by atoms with Crippen molar-refractivity contribution >= 4 is 5.97 Å². The summed E-state index contributed by atoms with van der Waals surface area (Å²) in [5.74, 6) is -0.239. The molecule has 82 valence electrons. The Morgan fingerprint density at radius 1 is 1.50 bits per heavy atom. The Kier molecular flexibility index (Phi) is 3.17. The van der Waals surface area contributed by atoms with Gasteiger partial charge in [-0.15, -0.1) is 0 Å². The maximum Gasteiger partial charge on any atom is 0.323 e. The van der Waals surface area contributed by atoms with Crippen molar-refractivity contribution in [2.75, 3.05) is 13.6 Å². The van der Waals surface area contributed by atoms with Crippen molar-refractivity contribution in [3.8, 4) is 0 Å². The molecule has 14 heavy (non-hydrogen) atoms. The van der Waals surface area contributed by atoms with E-state index in [1.54, 1.807) is 0 Å². The molecule has 1 aliphatic rings. The number of carbonyl (C=O) groups excluding carboxylic acids is 1. The third-order valence-electron chi connectivity index (χ3n) is 2.20. The zero-order chi connectivity index (χ0) is 10.9. The monoisotopic (exact) mass is 201 g/mol. The van der Waals surface area contributed by atoms with E-state index in [9.17, 15) is 9.90 Å². The van der Waals surface area contributed by atoms with E-state index in [0.29, 0.717) is 13.0 Å². The minimum absolute atomic E-state index is 0.239. The number of rotatable bonds is 1. The van der Waals surface area contributed by atoms with Gasteiger partial charge >= 0.3 is 5.97 Å². The summed E-state index contributed by atoms with van der Waals surface area (Å²) in [7, 11) is 1.82. The summed E-state index contributed by atoms with van der Waals surface area (Å²) in [5, 5.41) is 9.37. The van der Waals surface area contributed by atoms with Crippen LogP contribution in [0.3, 0.4) is 0 Å². The first-order valence-electron chi connectivity index (χ1n) is 4.91. The Labute approximate surface area is 84.8 Å². The number of likely N-dealkylation sites (tertiary alicyclic amines) is 1. The van der Waals surface area contributed by atoms with E-state index < -0.39 is 11.7 Å². The van der Waals surface area contributed by atoms with Crippen molar-refractivity contribution in [3.63, 3.8) is 0 Å². The van der Waals surface area contributed by atoms with Crippen LogP contribution >= 0.6 is 0 Å². The molecule has 0 amide bonds. The summed E-state index contributed by atoms with van der Waals surface area (Å²) >= 11 is 0. The first-order chi connectivity index (χ1) is 6.29. The van der Waals surface area contributed by atoms with Crippen LogP contribution in [0.5, 0.6) is 0 Å². The fourth-order valence-corrected chi connectivity index (χ4v) is 1.62. The predicted octanol–water partition coefficient (Wildman–Crippen LogP) is 0.393. The molecule has 0 aromatic heterocycles. The van der Waals surface area contributed by atoms with Crippen LogP contribution < -0.4 is 0 Å². The molecule has 0 aliphatic carbocycles. The molecule has 1 heterocycles. The molecule has 2 atom stereocenters. The summed E-state index contributed by atoms with van der Waals surface area (Å²) in [6.45, 7) is 6.08. The highest BCUT2D eigenvalue weighted by Crippen LogP contribution is 2.19. The lowest BCUT2D eigenvalue weighted by Crippen LogP contribution is -2.38. The fraction of sp³-hybridized carbons (Fsp3) is 0.900. The van der Waals surface area contributed by atoms with Gasteiger partial charge in [0.2, 0.25) is 0 Å². The topological polar surface area (TPSA) is 49.8 Å². The second-order valence-corrected chi connectivity index (χ2v) is 4.88. The van der Waals surface area contributed by atoms with Crippen molar-refractivity contribution in [1.29, 1.82) is 0 Å². The van der Waals surface area contributed by atoms with Crippen LogP contribution in [0.15, 0.2) is 0 Å². The number of carbonyl (C=O) groups is 1. The van der Waals surface area contributed by atoms with Gasteiger partial charge in [-0.1, -0.05) is 0 Å². The van der Waals surface area contributed by atoms with Gasteiger partial charge in [-0.2, -0.15) is 0 Å². The minimum atomic E-state index is -0.453. The summed E-state index contributed by atoms with van der Waals surface area (Å²) in [4.78, 5) is 13.5. The van der Waals surface area contributed by atoms with E-state index in [4.69, 9.17) is 4.74 Å². The lowest BCUT2D eigenvalue weighted by Gasteiger charge is -2.24. The van der Waals surface area contributed by atoms with Gasteiger partial charge in [-0.3, -0.25) is 9.69 Å². The highest BCUT2D eigenvalue weighted by atomic mass is 16.6. The van der Waals surface area contributed by atoms with Crippen molar-refractivity contribution < 1.29 is 14.6 Å². The van der Waals surface area contributed by atoms with Crippen LogP contribution in [0.1, 0.15) is 27.2 Å². The molecule has 0 saturated carbocycles. The van der Waals surface area contributed by atoms with Crippen molar-refractivity contribution in [3.05, 3.63) is 0 Å². The van der Waals surface area contributed by atoms with Crippen LogP contribution in [-0.2, 0) is 9.53 Å². The molecular formula is C10H19NO3. The maximum absolute atomic E-state index is 11.6. The SMILES string of the molecule is CN1C[C@@H](O)C[C@H]1C(=O)OC(C)(C)C. The number of aliphatic hydroxyl groups excluding tert-OH is 1. The number of hydrogen-bond donors (Lipinski definition) is 1. The van der Waals surface area contributed by atoms with Crippen molar-refractivity contribution in [2.24, 2.45) is 0 Å². The van der Waals surface area contributed by atoms with Gasteiger partial charge in [-0.25, -0.2) is 0 Å². The number of esters is 1. The minimum Gasteiger partial charge on any atom is -0.459 e. The van der Waals surface area contributed by atoms with E-state index >= 15 is 0 Å². The highest BCUT2D eigenvalue weighted by molar-refractivity contribution is 5.76. The van der Waals surface area contributed by atoms with Crippen molar-refractivity contribution in [1.82, 2.24) is 4.90 Å². The third kappa shape index (κ3) is 2.96. The van der Waals surface area contributed by atoms with Gasteiger partial charge < -0.3 is 9.84 Å². The normalized spacial score (nSPS) is 29.2. The molecule has 1 N–H and O–H groups in total. The summed E-state index contributed by atoms with van der Waals surface area (Å²) in [6.07, 6.45) is 0.0725. The van der Waals surface area contributed by atoms with Crippen molar-refractivity contribution in [2.45, 2.75) is 44.9 Å². The molecule has 0 spiro atoms. The predicted molar refractivity (Wildman–Crippen MR) is 52.9 cm³/mol. The molecule has 0 radical (unpaired) electrons. The van der Waals surface area contributed by atoms with Gasteiger partial charge in [0.15, 0.2) is 0 Å². The van der Waals surface area contributed by atoms with E-state index in [0.717, 1.165) is 0 Å². The molecule has 1 rings (SSSR count). The van der Waals surface area contributed by atoms with Crippen LogP contribution in [0, 0.1) is 0 Å². The van der Waals surface area contributed by atoms with Gasteiger partial charge in [0, 0.05) is 13.0 Å². The van der Waals surface area contributed by atoms with Crippen LogP contribution in [-0.4, -0.2) is 47.3 Å². The van der Waals surface area contributed by atoms with E-state index in [-0.39, 0.29) is 12.0 Å². The second kappa shape index (κ2) is 3.87. The zero-order valence-corrected chi connectivity index (χ0v) is 9.28. The lowest BCUT2D eigenvalue weighted by atomic mass is 10.1. The molecule has 4 heteroatoms. The Bertz CT molecular complexity index is 222. The lowest BCUT2D eigenvalue weighted by molar-refractivity contribution is -0.159. The first-order valence-corrected chi connectivity index (χ1v) is 4.91. The van der Waals surface area contributed by atoms with Gasteiger partial charge in [0.25, 0.3) is 0 Å². The van der Waals surface area contributed by atoms with Gasteiger partial charge in [-0.05, 0) is 27.8 Å².